The lowest BCUT2D eigenvalue weighted by Crippen LogP contribution is -2.32. The van der Waals surface area contributed by atoms with Crippen LogP contribution >= 0.6 is 11.6 Å². The van der Waals surface area contributed by atoms with E-state index in [1.165, 1.54) is 11.1 Å². The van der Waals surface area contributed by atoms with E-state index in [0.717, 1.165) is 19.5 Å². The molecule has 6 nitrogen and oxygen atoms in total. The second-order valence-electron chi connectivity index (χ2n) is 6.49. The van der Waals surface area contributed by atoms with Crippen LogP contribution < -0.4 is 15.0 Å². The first-order chi connectivity index (χ1) is 13.6. The van der Waals surface area contributed by atoms with E-state index in [-0.39, 0.29) is 5.91 Å². The molecular formula is C21H19ClN4O2. The fourth-order valence-electron chi connectivity index (χ4n) is 3.23. The zero-order valence-corrected chi connectivity index (χ0v) is 16.1. The van der Waals surface area contributed by atoms with Crippen LogP contribution in [0.25, 0.3) is 0 Å². The number of benzene rings is 2. The number of rotatable bonds is 4. The molecule has 28 heavy (non-hydrogen) atoms. The molecule has 0 saturated heterocycles. The minimum Gasteiger partial charge on any atom is -0.495 e. The molecular weight excluding hydrogens is 376 g/mol. The number of aromatic nitrogens is 2. The van der Waals surface area contributed by atoms with E-state index in [4.69, 9.17) is 16.3 Å². The summed E-state index contributed by atoms with van der Waals surface area (Å²) >= 11 is 6.12. The number of hydrogen-bond donors (Lipinski definition) is 1. The molecule has 2 aromatic carbocycles. The molecule has 0 radical (unpaired) electrons. The maximum Gasteiger partial charge on any atom is 0.274 e. The molecule has 0 atom stereocenters. The first kappa shape index (κ1) is 18.3. The van der Waals surface area contributed by atoms with E-state index in [0.29, 0.717) is 28.1 Å². The molecule has 1 aliphatic heterocycles. The minimum absolute atomic E-state index is 0.302. The molecule has 142 valence electrons. The molecule has 2 heterocycles. The van der Waals surface area contributed by atoms with Crippen molar-refractivity contribution in [3.05, 3.63) is 76.6 Å². The highest BCUT2D eigenvalue weighted by molar-refractivity contribution is 6.32. The Labute approximate surface area is 168 Å². The molecule has 4 rings (SSSR count). The largest absolute Gasteiger partial charge is 0.495 e. The van der Waals surface area contributed by atoms with Crippen molar-refractivity contribution in [2.24, 2.45) is 0 Å². The Morgan fingerprint density at radius 2 is 2.00 bits per heavy atom. The monoisotopic (exact) mass is 394 g/mol. The van der Waals surface area contributed by atoms with Crippen LogP contribution in [-0.4, -0.2) is 29.5 Å². The van der Waals surface area contributed by atoms with Crippen molar-refractivity contribution in [3.8, 4) is 5.75 Å². The van der Waals surface area contributed by atoms with Gasteiger partial charge in [-0.1, -0.05) is 35.9 Å². The lowest BCUT2D eigenvalue weighted by Gasteiger charge is -2.28. The Hall–Kier alpha value is -3.12. The van der Waals surface area contributed by atoms with Gasteiger partial charge in [0.25, 0.3) is 5.91 Å². The Morgan fingerprint density at radius 1 is 1.18 bits per heavy atom. The van der Waals surface area contributed by atoms with Crippen LogP contribution in [0.2, 0.25) is 5.02 Å². The van der Waals surface area contributed by atoms with Crippen LogP contribution in [0.3, 0.4) is 0 Å². The van der Waals surface area contributed by atoms with Crippen molar-refractivity contribution in [3.63, 3.8) is 0 Å². The van der Waals surface area contributed by atoms with Gasteiger partial charge in [0, 0.05) is 25.0 Å². The number of nitrogens with one attached hydrogen (secondary N) is 1. The zero-order valence-electron chi connectivity index (χ0n) is 15.4. The first-order valence-electron chi connectivity index (χ1n) is 8.94. The Balaban J connectivity index is 1.51. The van der Waals surface area contributed by atoms with Gasteiger partial charge in [0.15, 0.2) is 0 Å². The van der Waals surface area contributed by atoms with Gasteiger partial charge in [0.2, 0.25) is 5.95 Å². The molecule has 1 aliphatic rings. The average molecular weight is 395 g/mol. The van der Waals surface area contributed by atoms with E-state index >= 15 is 0 Å². The summed E-state index contributed by atoms with van der Waals surface area (Å²) in [6.45, 7) is 1.55. The van der Waals surface area contributed by atoms with Gasteiger partial charge >= 0.3 is 0 Å². The van der Waals surface area contributed by atoms with Crippen LogP contribution in [-0.2, 0) is 13.0 Å². The molecule has 1 amide bonds. The number of halogens is 1. The number of anilines is 2. The van der Waals surface area contributed by atoms with Crippen LogP contribution in [0, 0.1) is 0 Å². The molecule has 3 aromatic rings. The molecule has 0 spiro atoms. The molecule has 7 heteroatoms. The van der Waals surface area contributed by atoms with Gasteiger partial charge in [0.05, 0.1) is 12.1 Å². The van der Waals surface area contributed by atoms with Gasteiger partial charge in [-0.15, -0.1) is 0 Å². The molecule has 0 aliphatic carbocycles. The van der Waals surface area contributed by atoms with Gasteiger partial charge in [-0.2, -0.15) is 0 Å². The van der Waals surface area contributed by atoms with Gasteiger partial charge in [-0.25, -0.2) is 9.97 Å². The number of carbonyl (C=O) groups excluding carboxylic acids is 1. The van der Waals surface area contributed by atoms with Crippen LogP contribution in [0.5, 0.6) is 5.75 Å². The van der Waals surface area contributed by atoms with Crippen molar-refractivity contribution in [2.75, 3.05) is 23.9 Å². The number of carbonyl (C=O) groups is 1. The van der Waals surface area contributed by atoms with Crippen LogP contribution in [0.15, 0.2) is 54.7 Å². The number of fused-ring (bicyclic) bond motifs is 1. The van der Waals surface area contributed by atoms with Gasteiger partial charge in [-0.05, 0) is 41.8 Å². The van der Waals surface area contributed by atoms with Gasteiger partial charge in [0.1, 0.15) is 11.4 Å². The van der Waals surface area contributed by atoms with E-state index in [1.807, 2.05) is 6.07 Å². The second-order valence-corrected chi connectivity index (χ2v) is 6.89. The smallest absolute Gasteiger partial charge is 0.274 e. The Morgan fingerprint density at radius 3 is 2.79 bits per heavy atom. The fourth-order valence-corrected chi connectivity index (χ4v) is 3.49. The highest BCUT2D eigenvalue weighted by atomic mass is 35.5. The lowest BCUT2D eigenvalue weighted by molar-refractivity contribution is 0.102. The normalized spacial score (nSPS) is 13.0. The zero-order chi connectivity index (χ0) is 19.5. The summed E-state index contributed by atoms with van der Waals surface area (Å²) in [6, 6.07) is 15.0. The predicted octanol–water partition coefficient (Wildman–Crippen LogP) is 3.95. The third kappa shape index (κ3) is 3.77. The summed E-state index contributed by atoms with van der Waals surface area (Å²) in [5.74, 6) is 0.784. The lowest BCUT2D eigenvalue weighted by atomic mass is 10.0. The highest BCUT2D eigenvalue weighted by Gasteiger charge is 2.19. The van der Waals surface area contributed by atoms with Crippen molar-refractivity contribution < 1.29 is 9.53 Å². The maximum atomic E-state index is 12.6. The van der Waals surface area contributed by atoms with E-state index in [1.54, 1.807) is 37.6 Å². The fraction of sp³-hybridized carbons (Fsp3) is 0.190. The summed E-state index contributed by atoms with van der Waals surface area (Å²) < 4.78 is 5.13. The third-order valence-electron chi connectivity index (χ3n) is 4.70. The van der Waals surface area contributed by atoms with Crippen molar-refractivity contribution >= 4 is 29.1 Å². The summed E-state index contributed by atoms with van der Waals surface area (Å²) in [6.07, 6.45) is 2.54. The topological polar surface area (TPSA) is 67.3 Å². The third-order valence-corrected chi connectivity index (χ3v) is 4.99. The van der Waals surface area contributed by atoms with Crippen molar-refractivity contribution in [1.29, 1.82) is 0 Å². The molecule has 0 bridgehead atoms. The number of nitrogens with zero attached hydrogens (tertiary/aromatic N) is 3. The minimum atomic E-state index is -0.317. The van der Waals surface area contributed by atoms with Gasteiger partial charge < -0.3 is 15.0 Å². The summed E-state index contributed by atoms with van der Waals surface area (Å²) in [4.78, 5) is 23.5. The molecule has 0 unspecified atom stereocenters. The van der Waals surface area contributed by atoms with Crippen molar-refractivity contribution in [1.82, 2.24) is 9.97 Å². The number of hydrogen-bond acceptors (Lipinski definition) is 5. The highest BCUT2D eigenvalue weighted by Crippen LogP contribution is 2.27. The summed E-state index contributed by atoms with van der Waals surface area (Å²) in [5, 5.41) is 3.23. The van der Waals surface area contributed by atoms with E-state index in [9.17, 15) is 4.79 Å². The number of amides is 1. The second kappa shape index (κ2) is 7.86. The molecule has 0 saturated carbocycles. The van der Waals surface area contributed by atoms with E-state index < -0.39 is 0 Å². The average Bonchev–Trinajstić information content (AvgIpc) is 2.73. The number of ether oxygens (including phenoxy) is 1. The van der Waals surface area contributed by atoms with Gasteiger partial charge in [-0.3, -0.25) is 4.79 Å². The number of methoxy groups -OCH3 is 1. The Bertz CT molecular complexity index is 1020. The van der Waals surface area contributed by atoms with Crippen LogP contribution in [0.4, 0.5) is 11.6 Å². The predicted molar refractivity (Wildman–Crippen MR) is 109 cm³/mol. The molecule has 0 fully saturated rings. The van der Waals surface area contributed by atoms with E-state index in [2.05, 4.69) is 38.4 Å². The Kier molecular flexibility index (Phi) is 5.12. The first-order valence-corrected chi connectivity index (χ1v) is 9.31. The maximum absolute atomic E-state index is 12.6. The quantitative estimate of drug-likeness (QED) is 0.725. The molecule has 1 N–H and O–H groups in total. The summed E-state index contributed by atoms with van der Waals surface area (Å²) in [7, 11) is 1.54. The summed E-state index contributed by atoms with van der Waals surface area (Å²) in [5.41, 5.74) is 3.49. The van der Waals surface area contributed by atoms with Crippen molar-refractivity contribution in [2.45, 2.75) is 13.0 Å². The standard InChI is InChI=1S/C21H19ClN4O2/c1-28-19-7-6-16(12-17(19)22)24-20(27)18-8-10-23-21(25-18)26-11-9-14-4-2-3-5-15(14)13-26/h2-8,10,12H,9,11,13H2,1H3,(H,24,27). The van der Waals surface area contributed by atoms with Crippen LogP contribution in [0.1, 0.15) is 21.6 Å². The molecule has 1 aromatic heterocycles. The SMILES string of the molecule is COc1ccc(NC(=O)c2ccnc(N3CCc4ccccc4C3)n2)cc1Cl.